The minimum atomic E-state index is 0.360. The molecule has 0 spiro atoms. The molecule has 0 heterocycles. The van der Waals surface area contributed by atoms with E-state index < -0.39 is 0 Å². The zero-order valence-corrected chi connectivity index (χ0v) is 6.56. The molecule has 1 nitrogen and oxygen atoms in total. The molecule has 0 unspecified atom stereocenters. The fraction of sp³-hybridized carbons (Fsp3) is 1.00. The van der Waals surface area contributed by atoms with Gasteiger partial charge in [-0.05, 0) is 12.3 Å². The van der Waals surface area contributed by atoms with Crippen molar-refractivity contribution in [1.29, 1.82) is 0 Å². The lowest BCUT2D eigenvalue weighted by Crippen LogP contribution is -2.00. The first-order chi connectivity index (χ1) is 4.35. The first-order valence-electron chi connectivity index (χ1n) is 3.96. The third kappa shape index (κ3) is 4.46. The Morgan fingerprint density at radius 3 is 2.22 bits per heavy atom. The zero-order chi connectivity index (χ0) is 7.11. The average Bonchev–Trinajstić information content (AvgIpc) is 1.88. The molecule has 0 radical (unpaired) electrons. The van der Waals surface area contributed by atoms with Crippen molar-refractivity contribution in [2.45, 2.75) is 39.5 Å². The monoisotopic (exact) mass is 130 g/mol. The van der Waals surface area contributed by atoms with Crippen LogP contribution in [-0.2, 0) is 0 Å². The summed E-state index contributed by atoms with van der Waals surface area (Å²) in [4.78, 5) is 0. The van der Waals surface area contributed by atoms with Gasteiger partial charge in [-0.15, -0.1) is 0 Å². The molecular weight excluding hydrogens is 112 g/mol. The second-order valence-electron chi connectivity index (χ2n) is 2.58. The first-order valence-corrected chi connectivity index (χ1v) is 3.96. The highest BCUT2D eigenvalue weighted by Gasteiger charge is 2.01. The minimum absolute atomic E-state index is 0.360. The minimum Gasteiger partial charge on any atom is -0.396 e. The molecule has 0 amide bonds. The molecule has 9 heavy (non-hydrogen) atoms. The average molecular weight is 130 g/mol. The van der Waals surface area contributed by atoms with E-state index in [1.165, 1.54) is 19.3 Å². The second-order valence-corrected chi connectivity index (χ2v) is 2.58. The fourth-order valence-electron chi connectivity index (χ4n) is 1.14. The topological polar surface area (TPSA) is 20.2 Å². The SMILES string of the molecule is CCC[C@H](CC)CCO. The highest BCUT2D eigenvalue weighted by Crippen LogP contribution is 2.13. The maximum absolute atomic E-state index is 8.59. The summed E-state index contributed by atoms with van der Waals surface area (Å²) in [5.74, 6) is 0.764. The van der Waals surface area contributed by atoms with Gasteiger partial charge in [0.25, 0.3) is 0 Å². The summed E-state index contributed by atoms with van der Waals surface area (Å²) < 4.78 is 0. The van der Waals surface area contributed by atoms with Crippen molar-refractivity contribution in [2.24, 2.45) is 5.92 Å². The molecule has 0 aliphatic carbocycles. The second kappa shape index (κ2) is 6.09. The number of aliphatic hydroxyl groups excluding tert-OH is 1. The van der Waals surface area contributed by atoms with Crippen molar-refractivity contribution in [3.63, 3.8) is 0 Å². The molecular formula is C8H18O. The molecule has 0 rings (SSSR count). The fourth-order valence-corrected chi connectivity index (χ4v) is 1.14. The van der Waals surface area contributed by atoms with Gasteiger partial charge in [0, 0.05) is 6.61 Å². The zero-order valence-electron chi connectivity index (χ0n) is 6.56. The van der Waals surface area contributed by atoms with E-state index in [1.54, 1.807) is 0 Å². The first kappa shape index (κ1) is 8.96. The van der Waals surface area contributed by atoms with Crippen LogP contribution in [0.25, 0.3) is 0 Å². The van der Waals surface area contributed by atoms with E-state index >= 15 is 0 Å². The standard InChI is InChI=1S/C8H18O/c1-3-5-8(4-2)6-7-9/h8-9H,3-7H2,1-2H3/t8-/m0/s1. The van der Waals surface area contributed by atoms with Gasteiger partial charge in [0.15, 0.2) is 0 Å². The van der Waals surface area contributed by atoms with Gasteiger partial charge in [0.2, 0.25) is 0 Å². The molecule has 0 aromatic rings. The summed E-state index contributed by atoms with van der Waals surface area (Å²) >= 11 is 0. The van der Waals surface area contributed by atoms with Crippen LogP contribution in [0.15, 0.2) is 0 Å². The summed E-state index contributed by atoms with van der Waals surface area (Å²) in [5.41, 5.74) is 0. The smallest absolute Gasteiger partial charge is 0.0433 e. The quantitative estimate of drug-likeness (QED) is 0.605. The lowest BCUT2D eigenvalue weighted by Gasteiger charge is -2.10. The van der Waals surface area contributed by atoms with Gasteiger partial charge in [-0.1, -0.05) is 33.1 Å². The van der Waals surface area contributed by atoms with Crippen LogP contribution in [0, 0.1) is 5.92 Å². The van der Waals surface area contributed by atoms with Crippen LogP contribution >= 0.6 is 0 Å². The van der Waals surface area contributed by atoms with Crippen molar-refractivity contribution in [2.75, 3.05) is 6.61 Å². The van der Waals surface area contributed by atoms with Gasteiger partial charge in [0.05, 0.1) is 0 Å². The van der Waals surface area contributed by atoms with Crippen molar-refractivity contribution >= 4 is 0 Å². The van der Waals surface area contributed by atoms with E-state index in [1.807, 2.05) is 0 Å². The van der Waals surface area contributed by atoms with Gasteiger partial charge in [0.1, 0.15) is 0 Å². The number of hydrogen-bond acceptors (Lipinski definition) is 1. The molecule has 1 atom stereocenters. The molecule has 56 valence electrons. The molecule has 1 heteroatoms. The lowest BCUT2D eigenvalue weighted by atomic mass is 9.98. The van der Waals surface area contributed by atoms with Crippen molar-refractivity contribution in [1.82, 2.24) is 0 Å². The summed E-state index contributed by atoms with van der Waals surface area (Å²) in [6.45, 7) is 4.74. The summed E-state index contributed by atoms with van der Waals surface area (Å²) in [6, 6.07) is 0. The highest BCUT2D eigenvalue weighted by molar-refractivity contribution is 4.54. The molecule has 0 saturated carbocycles. The largest absolute Gasteiger partial charge is 0.396 e. The molecule has 0 fully saturated rings. The van der Waals surface area contributed by atoms with Crippen LogP contribution < -0.4 is 0 Å². The van der Waals surface area contributed by atoms with E-state index in [9.17, 15) is 0 Å². The van der Waals surface area contributed by atoms with Gasteiger partial charge in [-0.25, -0.2) is 0 Å². The van der Waals surface area contributed by atoms with Gasteiger partial charge < -0.3 is 5.11 Å². The maximum atomic E-state index is 8.59. The van der Waals surface area contributed by atoms with Crippen molar-refractivity contribution in [3.05, 3.63) is 0 Å². The normalized spacial score (nSPS) is 13.7. The molecule has 0 saturated heterocycles. The third-order valence-electron chi connectivity index (χ3n) is 1.81. The van der Waals surface area contributed by atoms with Crippen LogP contribution in [0.3, 0.4) is 0 Å². The summed E-state index contributed by atoms with van der Waals surface area (Å²) in [6.07, 6.45) is 4.73. The Kier molecular flexibility index (Phi) is 6.06. The summed E-state index contributed by atoms with van der Waals surface area (Å²) in [5, 5.41) is 8.59. The van der Waals surface area contributed by atoms with Crippen LogP contribution in [0.5, 0.6) is 0 Å². The van der Waals surface area contributed by atoms with Gasteiger partial charge >= 0.3 is 0 Å². The van der Waals surface area contributed by atoms with Crippen molar-refractivity contribution in [3.8, 4) is 0 Å². The van der Waals surface area contributed by atoms with E-state index in [2.05, 4.69) is 13.8 Å². The molecule has 1 N–H and O–H groups in total. The van der Waals surface area contributed by atoms with Gasteiger partial charge in [-0.2, -0.15) is 0 Å². The molecule has 0 aliphatic rings. The van der Waals surface area contributed by atoms with Crippen molar-refractivity contribution < 1.29 is 5.11 Å². The molecule has 0 aliphatic heterocycles. The highest BCUT2D eigenvalue weighted by atomic mass is 16.3. The molecule has 0 aromatic carbocycles. The number of aliphatic hydroxyl groups is 1. The Morgan fingerprint density at radius 2 is 1.89 bits per heavy atom. The van der Waals surface area contributed by atoms with Crippen LogP contribution in [0.1, 0.15) is 39.5 Å². The lowest BCUT2D eigenvalue weighted by molar-refractivity contribution is 0.248. The Morgan fingerprint density at radius 1 is 1.22 bits per heavy atom. The molecule has 0 bridgehead atoms. The van der Waals surface area contributed by atoms with E-state index in [-0.39, 0.29) is 0 Å². The Balaban J connectivity index is 3.18. The van der Waals surface area contributed by atoms with Crippen LogP contribution in [0.2, 0.25) is 0 Å². The van der Waals surface area contributed by atoms with E-state index in [0.29, 0.717) is 6.61 Å². The Hall–Kier alpha value is -0.0400. The van der Waals surface area contributed by atoms with Crippen LogP contribution in [0.4, 0.5) is 0 Å². The Bertz CT molecular complexity index is 46.5. The number of rotatable bonds is 5. The molecule has 0 aromatic heterocycles. The van der Waals surface area contributed by atoms with Gasteiger partial charge in [-0.3, -0.25) is 0 Å². The Labute approximate surface area is 58.1 Å². The van der Waals surface area contributed by atoms with Crippen LogP contribution in [-0.4, -0.2) is 11.7 Å². The van der Waals surface area contributed by atoms with E-state index in [4.69, 9.17) is 5.11 Å². The van der Waals surface area contributed by atoms with E-state index in [0.717, 1.165) is 12.3 Å². The number of hydrogen-bond donors (Lipinski definition) is 1. The summed E-state index contributed by atoms with van der Waals surface area (Å²) in [7, 11) is 0. The predicted octanol–water partition coefficient (Wildman–Crippen LogP) is 2.20. The third-order valence-corrected chi connectivity index (χ3v) is 1.81. The maximum Gasteiger partial charge on any atom is 0.0433 e. The predicted molar refractivity (Wildman–Crippen MR) is 40.4 cm³/mol.